The fourth-order valence-corrected chi connectivity index (χ4v) is 1.27. The number of nitrogens with one attached hydrogen (secondary N) is 2. The Kier molecular flexibility index (Phi) is 4.52. The van der Waals surface area contributed by atoms with Gasteiger partial charge in [-0.1, -0.05) is 11.6 Å². The summed E-state index contributed by atoms with van der Waals surface area (Å²) in [5.41, 5.74) is 0.576. The van der Waals surface area contributed by atoms with Gasteiger partial charge in [0.25, 0.3) is 0 Å². The minimum absolute atomic E-state index is 0.241. The third-order valence-corrected chi connectivity index (χ3v) is 2.39. The number of benzene rings is 1. The molecule has 2 amide bonds. The zero-order valence-corrected chi connectivity index (χ0v) is 10.2. The fourth-order valence-electron chi connectivity index (χ4n) is 1.11. The summed E-state index contributed by atoms with van der Waals surface area (Å²) in [6.07, 6.45) is 0. The van der Waals surface area contributed by atoms with E-state index in [1.165, 1.54) is 25.1 Å². The molecule has 0 bridgehead atoms. The third kappa shape index (κ3) is 3.64. The van der Waals surface area contributed by atoms with Crippen LogP contribution in [0.3, 0.4) is 0 Å². The van der Waals surface area contributed by atoms with E-state index in [-0.39, 0.29) is 10.7 Å². The Morgan fingerprint density at radius 3 is 2.72 bits per heavy atom. The molecule has 1 rings (SSSR count). The Morgan fingerprint density at radius 2 is 2.17 bits per heavy atom. The summed E-state index contributed by atoms with van der Waals surface area (Å²) in [6, 6.07) is 4.54. The Labute approximate surface area is 108 Å². The molecule has 0 saturated heterocycles. The molecular formula is C11H10ClN3O3. The minimum atomic E-state index is -1.15. The van der Waals surface area contributed by atoms with Crippen molar-refractivity contribution in [1.82, 2.24) is 5.32 Å². The molecule has 18 heavy (non-hydrogen) atoms. The van der Waals surface area contributed by atoms with Crippen LogP contribution in [0.2, 0.25) is 5.02 Å². The quantitative estimate of drug-likeness (QED) is 0.777. The number of halogens is 1. The van der Waals surface area contributed by atoms with Crippen molar-refractivity contribution in [2.75, 3.05) is 5.32 Å². The maximum absolute atomic E-state index is 11.5. The highest BCUT2D eigenvalue weighted by molar-refractivity contribution is 6.33. The molecule has 0 heterocycles. The van der Waals surface area contributed by atoms with E-state index in [1.54, 1.807) is 0 Å². The SMILES string of the molecule is CC(NC(=O)Nc1cc(C#N)ccc1Cl)C(=O)O. The van der Waals surface area contributed by atoms with Crippen molar-refractivity contribution in [3.8, 4) is 6.07 Å². The van der Waals surface area contributed by atoms with Crippen molar-refractivity contribution in [3.05, 3.63) is 28.8 Å². The predicted octanol–water partition coefficient (Wildman–Crippen LogP) is 1.81. The maximum Gasteiger partial charge on any atom is 0.325 e. The van der Waals surface area contributed by atoms with Crippen molar-refractivity contribution >= 4 is 29.3 Å². The number of nitriles is 1. The number of carbonyl (C=O) groups is 2. The van der Waals surface area contributed by atoms with E-state index < -0.39 is 18.0 Å². The highest BCUT2D eigenvalue weighted by Gasteiger charge is 2.14. The smallest absolute Gasteiger partial charge is 0.325 e. The van der Waals surface area contributed by atoms with Crippen molar-refractivity contribution in [1.29, 1.82) is 5.26 Å². The van der Waals surface area contributed by atoms with E-state index in [4.69, 9.17) is 22.0 Å². The van der Waals surface area contributed by atoms with Gasteiger partial charge in [-0.2, -0.15) is 5.26 Å². The molecule has 0 aliphatic carbocycles. The van der Waals surface area contributed by atoms with Gasteiger partial charge in [-0.05, 0) is 25.1 Å². The second-order valence-corrected chi connectivity index (χ2v) is 3.87. The van der Waals surface area contributed by atoms with Crippen LogP contribution >= 0.6 is 11.6 Å². The van der Waals surface area contributed by atoms with Gasteiger partial charge in [0, 0.05) is 0 Å². The summed E-state index contributed by atoms with van der Waals surface area (Å²) in [6.45, 7) is 1.33. The molecule has 7 heteroatoms. The molecule has 1 aromatic rings. The molecule has 1 aromatic carbocycles. The summed E-state index contributed by atoms with van der Waals surface area (Å²) in [5.74, 6) is -1.15. The predicted molar refractivity (Wildman–Crippen MR) is 65.4 cm³/mol. The van der Waals surface area contributed by atoms with E-state index in [2.05, 4.69) is 10.6 Å². The summed E-state index contributed by atoms with van der Waals surface area (Å²) >= 11 is 5.83. The first kappa shape index (κ1) is 13.8. The Morgan fingerprint density at radius 1 is 1.50 bits per heavy atom. The Balaban J connectivity index is 2.76. The molecule has 0 saturated carbocycles. The molecule has 94 valence electrons. The molecule has 0 aliphatic heterocycles. The number of carboxylic acids is 1. The highest BCUT2D eigenvalue weighted by atomic mass is 35.5. The van der Waals surface area contributed by atoms with Gasteiger partial charge in [0.15, 0.2) is 0 Å². The van der Waals surface area contributed by atoms with E-state index in [9.17, 15) is 9.59 Å². The monoisotopic (exact) mass is 267 g/mol. The van der Waals surface area contributed by atoms with Crippen LogP contribution in [0.15, 0.2) is 18.2 Å². The van der Waals surface area contributed by atoms with Crippen LogP contribution in [-0.2, 0) is 4.79 Å². The third-order valence-electron chi connectivity index (χ3n) is 2.06. The Hall–Kier alpha value is -2.26. The van der Waals surface area contributed by atoms with Gasteiger partial charge in [0.05, 0.1) is 22.3 Å². The number of nitrogens with zero attached hydrogens (tertiary/aromatic N) is 1. The van der Waals surface area contributed by atoms with Gasteiger partial charge in [-0.15, -0.1) is 0 Å². The number of aliphatic carboxylic acids is 1. The van der Waals surface area contributed by atoms with Crippen LogP contribution in [0.4, 0.5) is 10.5 Å². The number of rotatable bonds is 3. The lowest BCUT2D eigenvalue weighted by Gasteiger charge is -2.11. The molecule has 1 atom stereocenters. The van der Waals surface area contributed by atoms with Gasteiger partial charge in [0.2, 0.25) is 0 Å². The second-order valence-electron chi connectivity index (χ2n) is 3.46. The molecule has 3 N–H and O–H groups in total. The van der Waals surface area contributed by atoms with Gasteiger partial charge >= 0.3 is 12.0 Å². The summed E-state index contributed by atoms with van der Waals surface area (Å²) in [5, 5.41) is 22.2. The molecule has 0 fully saturated rings. The van der Waals surface area contributed by atoms with Crippen LogP contribution in [0.1, 0.15) is 12.5 Å². The number of hydrogen-bond acceptors (Lipinski definition) is 3. The molecule has 1 unspecified atom stereocenters. The zero-order chi connectivity index (χ0) is 13.7. The topological polar surface area (TPSA) is 102 Å². The van der Waals surface area contributed by atoms with E-state index in [0.717, 1.165) is 0 Å². The number of hydrogen-bond donors (Lipinski definition) is 3. The van der Waals surface area contributed by atoms with Gasteiger partial charge < -0.3 is 15.7 Å². The van der Waals surface area contributed by atoms with Crippen molar-refractivity contribution < 1.29 is 14.7 Å². The summed E-state index contributed by atoms with van der Waals surface area (Å²) in [7, 11) is 0. The largest absolute Gasteiger partial charge is 0.480 e. The van der Waals surface area contributed by atoms with Gasteiger partial charge in [-0.3, -0.25) is 4.79 Å². The molecular weight excluding hydrogens is 258 g/mol. The first-order valence-corrected chi connectivity index (χ1v) is 5.32. The lowest BCUT2D eigenvalue weighted by atomic mass is 10.2. The Bertz CT molecular complexity index is 525. The molecule has 6 nitrogen and oxygen atoms in total. The van der Waals surface area contributed by atoms with Crippen molar-refractivity contribution in [2.24, 2.45) is 0 Å². The number of carboxylic acid groups (broad SMARTS) is 1. The fraction of sp³-hybridized carbons (Fsp3) is 0.182. The number of carbonyl (C=O) groups excluding carboxylic acids is 1. The maximum atomic E-state index is 11.5. The first-order valence-electron chi connectivity index (χ1n) is 4.94. The number of anilines is 1. The van der Waals surface area contributed by atoms with E-state index >= 15 is 0 Å². The standard InChI is InChI=1S/C11H10ClN3O3/c1-6(10(16)17)14-11(18)15-9-4-7(5-13)2-3-8(9)12/h2-4,6H,1H3,(H,16,17)(H2,14,15,18). The van der Waals surface area contributed by atoms with E-state index in [0.29, 0.717) is 5.56 Å². The normalized spacial score (nSPS) is 11.2. The van der Waals surface area contributed by atoms with Gasteiger partial charge in [-0.25, -0.2) is 4.79 Å². The average Bonchev–Trinajstić information content (AvgIpc) is 2.31. The minimum Gasteiger partial charge on any atom is -0.480 e. The molecule has 0 aliphatic rings. The van der Waals surface area contributed by atoms with Crippen LogP contribution in [0.5, 0.6) is 0 Å². The first-order chi connectivity index (χ1) is 8.43. The van der Waals surface area contributed by atoms with Crippen molar-refractivity contribution in [2.45, 2.75) is 13.0 Å². The molecule has 0 spiro atoms. The lowest BCUT2D eigenvalue weighted by molar-refractivity contribution is -0.138. The van der Waals surface area contributed by atoms with Crippen LogP contribution in [0, 0.1) is 11.3 Å². The van der Waals surface area contributed by atoms with Crippen LogP contribution < -0.4 is 10.6 Å². The van der Waals surface area contributed by atoms with Crippen LogP contribution in [0.25, 0.3) is 0 Å². The number of urea groups is 1. The molecule has 0 aromatic heterocycles. The van der Waals surface area contributed by atoms with Crippen LogP contribution in [-0.4, -0.2) is 23.1 Å². The number of amides is 2. The van der Waals surface area contributed by atoms with Gasteiger partial charge in [0.1, 0.15) is 6.04 Å². The lowest BCUT2D eigenvalue weighted by Crippen LogP contribution is -2.40. The van der Waals surface area contributed by atoms with Crippen molar-refractivity contribution in [3.63, 3.8) is 0 Å². The highest BCUT2D eigenvalue weighted by Crippen LogP contribution is 2.22. The average molecular weight is 268 g/mol. The zero-order valence-electron chi connectivity index (χ0n) is 9.40. The second kappa shape index (κ2) is 5.89. The van der Waals surface area contributed by atoms with E-state index in [1.807, 2.05) is 6.07 Å². The summed E-state index contributed by atoms with van der Waals surface area (Å²) in [4.78, 5) is 22.0. The summed E-state index contributed by atoms with van der Waals surface area (Å²) < 4.78 is 0. The molecule has 0 radical (unpaired) electrons.